The topological polar surface area (TPSA) is 78.4 Å². The van der Waals surface area contributed by atoms with E-state index in [-0.39, 0.29) is 17.6 Å². The van der Waals surface area contributed by atoms with E-state index in [0.29, 0.717) is 23.4 Å². The molecule has 0 fully saturated rings. The van der Waals surface area contributed by atoms with Crippen LogP contribution in [-0.4, -0.2) is 16.9 Å². The Kier molecular flexibility index (Phi) is 2.87. The molecule has 1 aliphatic heterocycles. The van der Waals surface area contributed by atoms with Gasteiger partial charge in [-0.2, -0.15) is 0 Å². The van der Waals surface area contributed by atoms with E-state index in [1.165, 1.54) is 12.1 Å². The predicted molar refractivity (Wildman–Crippen MR) is 74.8 cm³/mol. The van der Waals surface area contributed by atoms with E-state index in [2.05, 4.69) is 10.6 Å². The van der Waals surface area contributed by atoms with Crippen molar-refractivity contribution in [3.05, 3.63) is 53.6 Å². The van der Waals surface area contributed by atoms with Crippen LogP contribution in [0.3, 0.4) is 0 Å². The Morgan fingerprint density at radius 1 is 1.20 bits per heavy atom. The zero-order chi connectivity index (χ0) is 14.1. The number of anilines is 2. The summed E-state index contributed by atoms with van der Waals surface area (Å²) in [6.07, 6.45) is 0.351. The molecule has 0 atom stereocenters. The number of rotatable bonds is 2. The average molecular weight is 268 g/mol. The number of aromatic hydroxyl groups is 1. The van der Waals surface area contributed by atoms with Crippen LogP contribution in [0.4, 0.5) is 11.4 Å². The number of carbonyl (C=O) groups excluding carboxylic acids is 2. The monoisotopic (exact) mass is 268 g/mol. The molecule has 100 valence electrons. The van der Waals surface area contributed by atoms with E-state index < -0.39 is 0 Å². The molecule has 20 heavy (non-hydrogen) atoms. The first-order valence-corrected chi connectivity index (χ1v) is 6.15. The highest BCUT2D eigenvalue weighted by Crippen LogP contribution is 2.24. The molecule has 5 heteroatoms. The van der Waals surface area contributed by atoms with Crippen LogP contribution in [0.5, 0.6) is 5.75 Å². The zero-order valence-electron chi connectivity index (χ0n) is 10.5. The molecule has 1 aliphatic rings. The predicted octanol–water partition coefficient (Wildman–Crippen LogP) is 2.14. The molecule has 3 N–H and O–H groups in total. The van der Waals surface area contributed by atoms with Crippen LogP contribution in [0.2, 0.25) is 0 Å². The van der Waals surface area contributed by atoms with Crippen molar-refractivity contribution in [1.82, 2.24) is 0 Å². The molecule has 0 saturated heterocycles. The molecule has 0 saturated carbocycles. The summed E-state index contributed by atoms with van der Waals surface area (Å²) >= 11 is 0. The number of phenols is 1. The van der Waals surface area contributed by atoms with E-state index in [9.17, 15) is 14.7 Å². The molecule has 3 rings (SSSR count). The second kappa shape index (κ2) is 4.70. The quantitative estimate of drug-likeness (QED) is 0.780. The maximum absolute atomic E-state index is 12.1. The SMILES string of the molecule is O=C1Cc2ccc(C(=O)Nc3cccc(O)c3)cc2N1. The summed E-state index contributed by atoms with van der Waals surface area (Å²) in [7, 11) is 0. The summed E-state index contributed by atoms with van der Waals surface area (Å²) in [5.41, 5.74) is 2.54. The normalized spacial score (nSPS) is 12.7. The van der Waals surface area contributed by atoms with Crippen molar-refractivity contribution in [2.75, 3.05) is 10.6 Å². The molecular weight excluding hydrogens is 256 g/mol. The minimum Gasteiger partial charge on any atom is -0.508 e. The van der Waals surface area contributed by atoms with Gasteiger partial charge < -0.3 is 15.7 Å². The van der Waals surface area contributed by atoms with Gasteiger partial charge in [-0.15, -0.1) is 0 Å². The van der Waals surface area contributed by atoms with Crippen LogP contribution in [0.25, 0.3) is 0 Å². The van der Waals surface area contributed by atoms with Crippen LogP contribution < -0.4 is 10.6 Å². The van der Waals surface area contributed by atoms with E-state index in [0.717, 1.165) is 5.56 Å². The molecular formula is C15H12N2O3. The Labute approximate surface area is 115 Å². The van der Waals surface area contributed by atoms with Gasteiger partial charge in [0, 0.05) is 23.0 Å². The minimum atomic E-state index is -0.292. The van der Waals surface area contributed by atoms with Crippen LogP contribution >= 0.6 is 0 Å². The van der Waals surface area contributed by atoms with E-state index in [1.807, 2.05) is 0 Å². The Morgan fingerprint density at radius 3 is 2.85 bits per heavy atom. The van der Waals surface area contributed by atoms with Gasteiger partial charge in [-0.05, 0) is 29.8 Å². The maximum atomic E-state index is 12.1. The number of amides is 2. The third kappa shape index (κ3) is 2.33. The number of fused-ring (bicyclic) bond motifs is 1. The molecule has 0 unspecified atom stereocenters. The van der Waals surface area contributed by atoms with Gasteiger partial charge in [0.15, 0.2) is 0 Å². The zero-order valence-corrected chi connectivity index (χ0v) is 10.5. The summed E-state index contributed by atoms with van der Waals surface area (Å²) in [5, 5.41) is 14.8. The molecule has 2 aromatic rings. The van der Waals surface area contributed by atoms with Crippen molar-refractivity contribution in [2.24, 2.45) is 0 Å². The lowest BCUT2D eigenvalue weighted by Crippen LogP contribution is -2.12. The number of benzene rings is 2. The average Bonchev–Trinajstić information content (AvgIpc) is 2.77. The van der Waals surface area contributed by atoms with Crippen molar-refractivity contribution in [2.45, 2.75) is 6.42 Å². The van der Waals surface area contributed by atoms with Crippen molar-refractivity contribution < 1.29 is 14.7 Å². The van der Waals surface area contributed by atoms with Gasteiger partial charge in [-0.1, -0.05) is 12.1 Å². The van der Waals surface area contributed by atoms with Crippen molar-refractivity contribution >= 4 is 23.2 Å². The summed E-state index contributed by atoms with van der Waals surface area (Å²) in [6.45, 7) is 0. The Bertz CT molecular complexity index is 710. The summed E-state index contributed by atoms with van der Waals surface area (Å²) in [5.74, 6) is -0.269. The van der Waals surface area contributed by atoms with Gasteiger partial charge >= 0.3 is 0 Å². The molecule has 5 nitrogen and oxygen atoms in total. The Hall–Kier alpha value is -2.82. The largest absolute Gasteiger partial charge is 0.508 e. The van der Waals surface area contributed by atoms with Gasteiger partial charge in [-0.25, -0.2) is 0 Å². The molecule has 0 bridgehead atoms. The Morgan fingerprint density at radius 2 is 2.05 bits per heavy atom. The standard InChI is InChI=1S/C15H12N2O3/c18-12-3-1-2-11(8-12)16-15(20)10-5-4-9-7-14(19)17-13(9)6-10/h1-6,8,18H,7H2,(H,16,20)(H,17,19). The third-order valence-corrected chi connectivity index (χ3v) is 3.10. The number of hydrogen-bond donors (Lipinski definition) is 3. The van der Waals surface area contributed by atoms with Gasteiger partial charge in [-0.3, -0.25) is 9.59 Å². The summed E-state index contributed by atoms with van der Waals surface area (Å²) in [6, 6.07) is 11.4. The number of nitrogens with one attached hydrogen (secondary N) is 2. The molecule has 0 aromatic heterocycles. The highest BCUT2D eigenvalue weighted by Gasteiger charge is 2.19. The van der Waals surface area contributed by atoms with Crippen molar-refractivity contribution in [3.63, 3.8) is 0 Å². The summed E-state index contributed by atoms with van der Waals surface area (Å²) < 4.78 is 0. The molecule has 1 heterocycles. The molecule has 2 aromatic carbocycles. The number of carbonyl (C=O) groups is 2. The second-order valence-corrected chi connectivity index (χ2v) is 4.60. The smallest absolute Gasteiger partial charge is 0.255 e. The van der Waals surface area contributed by atoms with E-state index in [1.54, 1.807) is 30.3 Å². The van der Waals surface area contributed by atoms with Crippen molar-refractivity contribution in [1.29, 1.82) is 0 Å². The van der Waals surface area contributed by atoms with E-state index in [4.69, 9.17) is 0 Å². The maximum Gasteiger partial charge on any atom is 0.255 e. The molecule has 0 spiro atoms. The summed E-state index contributed by atoms with van der Waals surface area (Å²) in [4.78, 5) is 23.4. The van der Waals surface area contributed by atoms with Gasteiger partial charge in [0.2, 0.25) is 5.91 Å². The van der Waals surface area contributed by atoms with Gasteiger partial charge in [0.1, 0.15) is 5.75 Å². The highest BCUT2D eigenvalue weighted by molar-refractivity contribution is 6.07. The van der Waals surface area contributed by atoms with E-state index >= 15 is 0 Å². The third-order valence-electron chi connectivity index (χ3n) is 3.10. The Balaban J connectivity index is 1.81. The lowest BCUT2D eigenvalue weighted by molar-refractivity contribution is -0.115. The number of hydrogen-bond acceptors (Lipinski definition) is 3. The fourth-order valence-electron chi connectivity index (χ4n) is 2.14. The minimum absolute atomic E-state index is 0.0643. The first-order chi connectivity index (χ1) is 9.61. The van der Waals surface area contributed by atoms with Crippen LogP contribution in [-0.2, 0) is 11.2 Å². The number of phenolic OH excluding ortho intramolecular Hbond substituents is 1. The molecule has 0 radical (unpaired) electrons. The highest BCUT2D eigenvalue weighted by atomic mass is 16.3. The second-order valence-electron chi connectivity index (χ2n) is 4.60. The van der Waals surface area contributed by atoms with Crippen LogP contribution in [0.1, 0.15) is 15.9 Å². The van der Waals surface area contributed by atoms with Crippen LogP contribution in [0, 0.1) is 0 Å². The fraction of sp³-hybridized carbons (Fsp3) is 0.0667. The molecule has 2 amide bonds. The first-order valence-electron chi connectivity index (χ1n) is 6.15. The lowest BCUT2D eigenvalue weighted by Gasteiger charge is -2.07. The van der Waals surface area contributed by atoms with Crippen LogP contribution in [0.15, 0.2) is 42.5 Å². The van der Waals surface area contributed by atoms with Gasteiger partial charge in [0.05, 0.1) is 6.42 Å². The van der Waals surface area contributed by atoms with Gasteiger partial charge in [0.25, 0.3) is 5.91 Å². The lowest BCUT2D eigenvalue weighted by atomic mass is 10.1. The molecule has 0 aliphatic carbocycles. The first kappa shape index (κ1) is 12.2. The fourth-order valence-corrected chi connectivity index (χ4v) is 2.14. The van der Waals surface area contributed by atoms with Crippen molar-refractivity contribution in [3.8, 4) is 5.75 Å².